The lowest BCUT2D eigenvalue weighted by Crippen LogP contribution is -2.05. The number of aliphatic carboxylic acids is 1. The molecule has 0 aliphatic heterocycles. The molecule has 0 aliphatic carbocycles. The Hall–Kier alpha value is -1.65. The molecule has 0 saturated heterocycles. The monoisotopic (exact) mass is 299 g/mol. The second-order valence-electron chi connectivity index (χ2n) is 3.79. The maximum absolute atomic E-state index is 13.5. The van der Waals surface area contributed by atoms with Gasteiger partial charge in [0.25, 0.3) is 0 Å². The van der Waals surface area contributed by atoms with Gasteiger partial charge in [-0.1, -0.05) is 29.3 Å². The number of rotatable bonds is 3. The third kappa shape index (κ3) is 3.03. The third-order valence-corrected chi connectivity index (χ3v) is 3.09. The van der Waals surface area contributed by atoms with E-state index in [1.54, 1.807) is 18.2 Å². The Morgan fingerprint density at radius 2 is 1.84 bits per heavy atom. The number of hydrogen-bond donors (Lipinski definition) is 1. The predicted octanol–water partition coefficient (Wildman–Crippen LogP) is 3.82. The van der Waals surface area contributed by atoms with Gasteiger partial charge in [-0.2, -0.15) is 0 Å². The van der Waals surface area contributed by atoms with Crippen molar-refractivity contribution < 1.29 is 14.3 Å². The minimum Gasteiger partial charge on any atom is -0.481 e. The molecule has 1 heterocycles. The molecule has 2 rings (SSSR count). The second kappa shape index (κ2) is 5.55. The Morgan fingerprint density at radius 3 is 2.42 bits per heavy atom. The molecule has 1 aromatic heterocycles. The molecule has 3 nitrogen and oxygen atoms in total. The summed E-state index contributed by atoms with van der Waals surface area (Å²) in [7, 11) is 0. The molecule has 19 heavy (non-hydrogen) atoms. The minimum absolute atomic E-state index is 0.152. The zero-order valence-electron chi connectivity index (χ0n) is 9.53. The van der Waals surface area contributed by atoms with Crippen LogP contribution in [-0.2, 0) is 11.2 Å². The Morgan fingerprint density at radius 1 is 1.21 bits per heavy atom. The van der Waals surface area contributed by atoms with Crippen LogP contribution in [0.25, 0.3) is 11.3 Å². The number of aromatic nitrogens is 1. The molecule has 1 aromatic carbocycles. The van der Waals surface area contributed by atoms with E-state index in [0.29, 0.717) is 21.3 Å². The summed E-state index contributed by atoms with van der Waals surface area (Å²) in [6.07, 6.45) is -0.498. The summed E-state index contributed by atoms with van der Waals surface area (Å²) in [5, 5.41) is 9.44. The topological polar surface area (TPSA) is 50.2 Å². The Labute approximate surface area is 118 Å². The van der Waals surface area contributed by atoms with Crippen molar-refractivity contribution in [3.63, 3.8) is 0 Å². The first-order chi connectivity index (χ1) is 8.99. The van der Waals surface area contributed by atoms with E-state index >= 15 is 0 Å². The number of carboxylic acids is 1. The Balaban J connectivity index is 2.54. The van der Waals surface area contributed by atoms with Crippen molar-refractivity contribution in [3.8, 4) is 11.3 Å². The van der Waals surface area contributed by atoms with Crippen molar-refractivity contribution in [2.75, 3.05) is 0 Å². The summed E-state index contributed by atoms with van der Waals surface area (Å²) in [5.41, 5.74) is 0.645. The Bertz CT molecular complexity index is 626. The van der Waals surface area contributed by atoms with E-state index in [2.05, 4.69) is 4.98 Å². The van der Waals surface area contributed by atoms with E-state index in [-0.39, 0.29) is 5.69 Å². The number of nitrogens with zero attached hydrogens (tertiary/aromatic N) is 1. The summed E-state index contributed by atoms with van der Waals surface area (Å²) in [4.78, 5) is 14.6. The van der Waals surface area contributed by atoms with Crippen molar-refractivity contribution in [2.45, 2.75) is 6.42 Å². The van der Waals surface area contributed by atoms with Crippen molar-refractivity contribution in [2.24, 2.45) is 0 Å². The van der Waals surface area contributed by atoms with Gasteiger partial charge in [0.05, 0.1) is 27.9 Å². The van der Waals surface area contributed by atoms with E-state index in [0.717, 1.165) is 6.07 Å². The van der Waals surface area contributed by atoms with Gasteiger partial charge >= 0.3 is 5.97 Å². The van der Waals surface area contributed by atoms with Gasteiger partial charge in [0.15, 0.2) is 0 Å². The lowest BCUT2D eigenvalue weighted by atomic mass is 10.1. The van der Waals surface area contributed by atoms with Gasteiger partial charge in [-0.3, -0.25) is 4.79 Å². The van der Waals surface area contributed by atoms with Crippen LogP contribution in [0, 0.1) is 5.82 Å². The van der Waals surface area contributed by atoms with Gasteiger partial charge in [-0.25, -0.2) is 9.37 Å². The summed E-state index contributed by atoms with van der Waals surface area (Å²) in [6.45, 7) is 0. The molecule has 0 radical (unpaired) electrons. The number of carboxylic acid groups (broad SMARTS) is 1. The highest BCUT2D eigenvalue weighted by molar-refractivity contribution is 6.39. The van der Waals surface area contributed by atoms with Gasteiger partial charge in [0, 0.05) is 5.56 Å². The molecular weight excluding hydrogens is 292 g/mol. The van der Waals surface area contributed by atoms with Crippen molar-refractivity contribution in [3.05, 3.63) is 51.9 Å². The molecule has 2 aromatic rings. The zero-order chi connectivity index (χ0) is 14.0. The minimum atomic E-state index is -1.16. The summed E-state index contributed by atoms with van der Waals surface area (Å²) >= 11 is 12.1. The lowest BCUT2D eigenvalue weighted by molar-refractivity contribution is -0.136. The Kier molecular flexibility index (Phi) is 4.02. The first-order valence-electron chi connectivity index (χ1n) is 5.30. The van der Waals surface area contributed by atoms with E-state index in [4.69, 9.17) is 28.3 Å². The molecule has 0 fully saturated rings. The van der Waals surface area contributed by atoms with Gasteiger partial charge in [-0.05, 0) is 24.3 Å². The van der Waals surface area contributed by atoms with Crippen LogP contribution in [0.5, 0.6) is 0 Å². The maximum atomic E-state index is 13.5. The first kappa shape index (κ1) is 13.8. The summed E-state index contributed by atoms with van der Waals surface area (Å²) < 4.78 is 13.5. The first-order valence-corrected chi connectivity index (χ1v) is 6.06. The summed E-state index contributed by atoms with van der Waals surface area (Å²) in [5.74, 6) is -1.83. The molecule has 1 N–H and O–H groups in total. The van der Waals surface area contributed by atoms with Crippen LogP contribution in [0.1, 0.15) is 5.69 Å². The standard InChI is InChI=1S/C13H8Cl2FNO2/c14-7-2-1-3-8(15)13(7)10-5-4-9(16)11(17-10)6-12(18)19/h1-5H,6H2,(H,18,19). The molecule has 0 saturated carbocycles. The van der Waals surface area contributed by atoms with Crippen LogP contribution >= 0.6 is 23.2 Å². The molecular formula is C13H8Cl2FNO2. The van der Waals surface area contributed by atoms with Gasteiger partial charge < -0.3 is 5.11 Å². The smallest absolute Gasteiger partial charge is 0.309 e. The van der Waals surface area contributed by atoms with Crippen LogP contribution in [0.3, 0.4) is 0 Å². The average molecular weight is 300 g/mol. The average Bonchev–Trinajstić information content (AvgIpc) is 2.32. The SMILES string of the molecule is O=C(O)Cc1nc(-c2c(Cl)cccc2Cl)ccc1F. The molecule has 6 heteroatoms. The second-order valence-corrected chi connectivity index (χ2v) is 4.61. The van der Waals surface area contributed by atoms with Gasteiger partial charge in [-0.15, -0.1) is 0 Å². The largest absolute Gasteiger partial charge is 0.481 e. The number of carbonyl (C=O) groups is 1. The van der Waals surface area contributed by atoms with Crippen LogP contribution < -0.4 is 0 Å². The van der Waals surface area contributed by atoms with Crippen LogP contribution in [-0.4, -0.2) is 16.1 Å². The lowest BCUT2D eigenvalue weighted by Gasteiger charge is -2.08. The number of hydrogen-bond acceptors (Lipinski definition) is 2. The van der Waals surface area contributed by atoms with Crippen molar-refractivity contribution in [1.29, 1.82) is 0 Å². The molecule has 0 aliphatic rings. The van der Waals surface area contributed by atoms with E-state index < -0.39 is 18.2 Å². The number of pyridine rings is 1. The van der Waals surface area contributed by atoms with Crippen LogP contribution in [0.2, 0.25) is 10.0 Å². The van der Waals surface area contributed by atoms with Crippen molar-refractivity contribution in [1.82, 2.24) is 4.98 Å². The molecule has 0 unspecified atom stereocenters. The zero-order valence-corrected chi connectivity index (χ0v) is 11.0. The molecule has 0 bridgehead atoms. The quantitative estimate of drug-likeness (QED) is 0.937. The predicted molar refractivity (Wildman–Crippen MR) is 71.0 cm³/mol. The fourth-order valence-corrected chi connectivity index (χ4v) is 2.22. The van der Waals surface area contributed by atoms with Crippen LogP contribution in [0.15, 0.2) is 30.3 Å². The highest BCUT2D eigenvalue weighted by atomic mass is 35.5. The van der Waals surface area contributed by atoms with E-state index in [9.17, 15) is 9.18 Å². The molecule has 0 spiro atoms. The van der Waals surface area contributed by atoms with E-state index in [1.165, 1.54) is 6.07 Å². The fourth-order valence-electron chi connectivity index (χ4n) is 1.63. The third-order valence-electron chi connectivity index (χ3n) is 2.46. The maximum Gasteiger partial charge on any atom is 0.309 e. The van der Waals surface area contributed by atoms with Crippen LogP contribution in [0.4, 0.5) is 4.39 Å². The van der Waals surface area contributed by atoms with Crippen molar-refractivity contribution >= 4 is 29.2 Å². The molecule has 0 amide bonds. The molecule has 0 atom stereocenters. The molecule has 98 valence electrons. The highest BCUT2D eigenvalue weighted by Gasteiger charge is 2.14. The van der Waals surface area contributed by atoms with E-state index in [1.807, 2.05) is 0 Å². The normalized spacial score (nSPS) is 10.5. The number of benzene rings is 1. The number of halogens is 3. The fraction of sp³-hybridized carbons (Fsp3) is 0.0769. The van der Waals surface area contributed by atoms with Gasteiger partial charge in [0.1, 0.15) is 5.82 Å². The summed E-state index contributed by atoms with van der Waals surface area (Å²) in [6, 6.07) is 7.50. The highest BCUT2D eigenvalue weighted by Crippen LogP contribution is 2.33. The van der Waals surface area contributed by atoms with Gasteiger partial charge in [0.2, 0.25) is 0 Å².